The van der Waals surface area contributed by atoms with E-state index in [4.69, 9.17) is 0 Å². The predicted molar refractivity (Wildman–Crippen MR) is 143 cm³/mol. The average Bonchev–Trinajstić information content (AvgIpc) is 2.69. The molecule has 0 saturated heterocycles. The van der Waals surface area contributed by atoms with Gasteiger partial charge in [-0.25, -0.2) is 0 Å². The molecule has 31 heavy (non-hydrogen) atoms. The average molecular weight is 419 g/mol. The number of hydrogen-bond acceptors (Lipinski definition) is 0. The maximum absolute atomic E-state index is 2.24. The molecule has 0 bridgehead atoms. The van der Waals surface area contributed by atoms with Crippen LogP contribution in [-0.4, -0.2) is 0 Å². The summed E-state index contributed by atoms with van der Waals surface area (Å²) >= 11 is 0. The molecule has 0 heterocycles. The van der Waals surface area contributed by atoms with E-state index < -0.39 is 0 Å². The van der Waals surface area contributed by atoms with Crippen molar-refractivity contribution in [1.82, 2.24) is 0 Å². The molecule has 3 rings (SSSR count). The Morgan fingerprint density at radius 2 is 0.774 bits per heavy atom. The summed E-state index contributed by atoms with van der Waals surface area (Å²) < 4.78 is 0. The van der Waals surface area contributed by atoms with Crippen LogP contribution < -0.4 is 0 Å². The standard InChI is InChI=1S/3C10H14.CH4/c2*1-8(2)10-6-4-9(3)5-7-10;1-8(2)10-6-4-5-9(3)7-10;/h3*4-8H,1-3H3;1H4. The highest BCUT2D eigenvalue weighted by Crippen LogP contribution is 2.15. The van der Waals surface area contributed by atoms with Gasteiger partial charge in [0.05, 0.1) is 0 Å². The first kappa shape index (κ1) is 28.7. The monoisotopic (exact) mass is 418 g/mol. The van der Waals surface area contributed by atoms with Crippen LogP contribution in [0.4, 0.5) is 0 Å². The van der Waals surface area contributed by atoms with Gasteiger partial charge in [0, 0.05) is 0 Å². The van der Waals surface area contributed by atoms with E-state index in [1.54, 1.807) is 0 Å². The van der Waals surface area contributed by atoms with E-state index in [1.807, 2.05) is 0 Å². The summed E-state index contributed by atoms with van der Waals surface area (Å²) in [6.45, 7) is 19.6. The zero-order chi connectivity index (χ0) is 22.7. The first-order valence-corrected chi connectivity index (χ1v) is 11.3. The topological polar surface area (TPSA) is 0 Å². The van der Waals surface area contributed by atoms with Crippen LogP contribution in [0.2, 0.25) is 0 Å². The van der Waals surface area contributed by atoms with Crippen molar-refractivity contribution in [1.29, 1.82) is 0 Å². The minimum Gasteiger partial charge on any atom is -0.0776 e. The fraction of sp³-hybridized carbons (Fsp3) is 0.419. The van der Waals surface area contributed by atoms with Gasteiger partial charge in [0.25, 0.3) is 0 Å². The van der Waals surface area contributed by atoms with E-state index in [-0.39, 0.29) is 7.43 Å². The van der Waals surface area contributed by atoms with Crippen molar-refractivity contribution in [2.45, 2.75) is 87.5 Å². The Morgan fingerprint density at radius 1 is 0.419 bits per heavy atom. The van der Waals surface area contributed by atoms with E-state index in [0.717, 1.165) is 0 Å². The summed E-state index contributed by atoms with van der Waals surface area (Å²) in [5.41, 5.74) is 8.30. The summed E-state index contributed by atoms with van der Waals surface area (Å²) in [7, 11) is 0. The molecule has 0 heteroatoms. The summed E-state index contributed by atoms with van der Waals surface area (Å²) in [6, 6.07) is 26.1. The van der Waals surface area contributed by atoms with Crippen LogP contribution in [0.25, 0.3) is 0 Å². The van der Waals surface area contributed by atoms with E-state index in [0.29, 0.717) is 17.8 Å². The van der Waals surface area contributed by atoms with Gasteiger partial charge in [0.15, 0.2) is 0 Å². The Balaban J connectivity index is 0.000000429. The third kappa shape index (κ3) is 11.6. The molecular formula is C31H46. The summed E-state index contributed by atoms with van der Waals surface area (Å²) in [4.78, 5) is 0. The lowest BCUT2D eigenvalue weighted by Gasteiger charge is -2.04. The smallest absolute Gasteiger partial charge is 0.0219 e. The summed E-state index contributed by atoms with van der Waals surface area (Å²) in [5.74, 6) is 1.96. The van der Waals surface area contributed by atoms with Gasteiger partial charge in [-0.15, -0.1) is 0 Å². The van der Waals surface area contributed by atoms with Crippen LogP contribution >= 0.6 is 0 Å². The minimum atomic E-state index is 0. The highest BCUT2D eigenvalue weighted by molar-refractivity contribution is 5.25. The van der Waals surface area contributed by atoms with Gasteiger partial charge in [-0.3, -0.25) is 0 Å². The van der Waals surface area contributed by atoms with Crippen molar-refractivity contribution in [3.05, 3.63) is 106 Å². The molecule has 0 unspecified atom stereocenters. The van der Waals surface area contributed by atoms with Crippen LogP contribution in [0.1, 0.15) is 100 Å². The third-order valence-electron chi connectivity index (χ3n) is 5.20. The molecule has 0 saturated carbocycles. The van der Waals surface area contributed by atoms with Gasteiger partial charge in [0.1, 0.15) is 0 Å². The van der Waals surface area contributed by atoms with E-state index >= 15 is 0 Å². The maximum atomic E-state index is 2.24. The first-order valence-electron chi connectivity index (χ1n) is 11.3. The SMILES string of the molecule is C.Cc1ccc(C(C)C)cc1.Cc1ccc(C(C)C)cc1.Cc1cccc(C(C)C)c1. The Morgan fingerprint density at radius 3 is 1.03 bits per heavy atom. The van der Waals surface area contributed by atoms with E-state index in [2.05, 4.69) is 135 Å². The number of hydrogen-bond donors (Lipinski definition) is 0. The Hall–Kier alpha value is -2.34. The maximum Gasteiger partial charge on any atom is -0.0219 e. The van der Waals surface area contributed by atoms with Gasteiger partial charge in [0.2, 0.25) is 0 Å². The van der Waals surface area contributed by atoms with Crippen molar-refractivity contribution >= 4 is 0 Å². The number of rotatable bonds is 3. The van der Waals surface area contributed by atoms with Crippen LogP contribution in [0.15, 0.2) is 72.8 Å². The van der Waals surface area contributed by atoms with Crippen molar-refractivity contribution in [3.63, 3.8) is 0 Å². The molecule has 0 aromatic heterocycles. The summed E-state index contributed by atoms with van der Waals surface area (Å²) in [5, 5.41) is 0. The molecule has 0 aliphatic rings. The zero-order valence-electron chi connectivity index (χ0n) is 20.7. The normalized spacial score (nSPS) is 10.1. The summed E-state index contributed by atoms with van der Waals surface area (Å²) in [6.07, 6.45) is 0. The highest BCUT2D eigenvalue weighted by Gasteiger charge is 1.97. The molecule has 0 fully saturated rings. The quantitative estimate of drug-likeness (QED) is 0.397. The number of aryl methyl sites for hydroxylation is 3. The predicted octanol–water partition coefficient (Wildman–Crippen LogP) is 9.99. The molecule has 0 aliphatic heterocycles. The minimum absolute atomic E-state index is 0. The lowest BCUT2D eigenvalue weighted by Crippen LogP contribution is -1.86. The van der Waals surface area contributed by atoms with Gasteiger partial charge in [-0.2, -0.15) is 0 Å². The van der Waals surface area contributed by atoms with Gasteiger partial charge in [-0.1, -0.05) is 138 Å². The molecular weight excluding hydrogens is 372 g/mol. The molecule has 170 valence electrons. The van der Waals surface area contributed by atoms with Crippen LogP contribution in [0, 0.1) is 20.8 Å². The second-order valence-corrected chi connectivity index (χ2v) is 9.20. The molecule has 0 N–H and O–H groups in total. The van der Waals surface area contributed by atoms with E-state index in [9.17, 15) is 0 Å². The second-order valence-electron chi connectivity index (χ2n) is 9.20. The van der Waals surface area contributed by atoms with Crippen molar-refractivity contribution in [2.24, 2.45) is 0 Å². The van der Waals surface area contributed by atoms with Crippen LogP contribution in [0.5, 0.6) is 0 Å². The fourth-order valence-corrected chi connectivity index (χ4v) is 2.93. The third-order valence-corrected chi connectivity index (χ3v) is 5.20. The van der Waals surface area contributed by atoms with Gasteiger partial charge >= 0.3 is 0 Å². The molecule has 0 aliphatic carbocycles. The highest BCUT2D eigenvalue weighted by atomic mass is 14.0. The molecule has 0 nitrogen and oxygen atoms in total. The molecule has 0 amide bonds. The largest absolute Gasteiger partial charge is 0.0776 e. The second kappa shape index (κ2) is 14.6. The van der Waals surface area contributed by atoms with Crippen LogP contribution in [0.3, 0.4) is 0 Å². The van der Waals surface area contributed by atoms with Crippen LogP contribution in [-0.2, 0) is 0 Å². The Bertz CT molecular complexity index is 784. The first-order chi connectivity index (χ1) is 14.1. The molecule has 3 aromatic rings. The fourth-order valence-electron chi connectivity index (χ4n) is 2.93. The lowest BCUT2D eigenvalue weighted by atomic mass is 10.0. The van der Waals surface area contributed by atoms with Crippen molar-refractivity contribution in [3.8, 4) is 0 Å². The number of benzene rings is 3. The lowest BCUT2D eigenvalue weighted by molar-refractivity contribution is 0.865. The Labute approximate surface area is 193 Å². The zero-order valence-corrected chi connectivity index (χ0v) is 20.7. The molecule has 0 radical (unpaired) electrons. The molecule has 0 spiro atoms. The van der Waals surface area contributed by atoms with Crippen molar-refractivity contribution in [2.75, 3.05) is 0 Å². The Kier molecular flexibility index (Phi) is 13.5. The van der Waals surface area contributed by atoms with E-state index in [1.165, 1.54) is 33.4 Å². The molecule has 0 atom stereocenters. The van der Waals surface area contributed by atoms with Crippen molar-refractivity contribution < 1.29 is 0 Å². The van der Waals surface area contributed by atoms with Gasteiger partial charge < -0.3 is 0 Å². The molecule has 3 aromatic carbocycles. The van der Waals surface area contributed by atoms with Gasteiger partial charge in [-0.05, 0) is 55.2 Å².